The average molecular weight is 266 g/mol. The third kappa shape index (κ3) is 4.04. The van der Waals surface area contributed by atoms with Gasteiger partial charge in [-0.3, -0.25) is 4.31 Å². The molecule has 0 aliphatic carbocycles. The Labute approximate surface area is 109 Å². The highest BCUT2D eigenvalue weighted by molar-refractivity contribution is 7.92. The third-order valence-electron chi connectivity index (χ3n) is 2.61. The van der Waals surface area contributed by atoms with E-state index in [1.807, 2.05) is 31.2 Å². The topological polar surface area (TPSA) is 61.2 Å². The highest BCUT2D eigenvalue weighted by Crippen LogP contribution is 2.18. The molecule has 0 saturated carbocycles. The number of unbranched alkanes of at least 4 members (excludes halogenated alkanes) is 2. The van der Waals surface area contributed by atoms with E-state index in [1.54, 1.807) is 12.1 Å². The van der Waals surface area contributed by atoms with Gasteiger partial charge in [0.05, 0.1) is 17.5 Å². The van der Waals surface area contributed by atoms with Crippen LogP contribution < -0.4 is 4.31 Å². The molecule has 0 spiro atoms. The summed E-state index contributed by atoms with van der Waals surface area (Å²) in [5.41, 5.74) is 0.695. The Hall–Kier alpha value is -1.54. The average Bonchev–Trinajstić information content (AvgIpc) is 2.36. The zero-order valence-electron chi connectivity index (χ0n) is 10.5. The molecule has 0 aromatic heterocycles. The number of nitrogens with zero attached hydrogens (tertiary/aromatic N) is 2. The second kappa shape index (κ2) is 7.02. The number of hydrogen-bond donors (Lipinski definition) is 0. The van der Waals surface area contributed by atoms with Gasteiger partial charge in [0.15, 0.2) is 0 Å². The maximum absolute atomic E-state index is 12.2. The molecular weight excluding hydrogens is 248 g/mol. The Morgan fingerprint density at radius 2 is 1.89 bits per heavy atom. The molecule has 18 heavy (non-hydrogen) atoms. The van der Waals surface area contributed by atoms with Gasteiger partial charge in [0.25, 0.3) is 0 Å². The van der Waals surface area contributed by atoms with E-state index in [1.165, 1.54) is 4.31 Å². The molecule has 98 valence electrons. The van der Waals surface area contributed by atoms with E-state index in [9.17, 15) is 8.42 Å². The van der Waals surface area contributed by atoms with Crippen LogP contribution in [-0.2, 0) is 10.0 Å². The summed E-state index contributed by atoms with van der Waals surface area (Å²) in [6.07, 6.45) is 1.56. The summed E-state index contributed by atoms with van der Waals surface area (Å²) in [6, 6.07) is 11.1. The molecule has 1 aromatic carbocycles. The van der Waals surface area contributed by atoms with Gasteiger partial charge in [-0.25, -0.2) is 8.42 Å². The quantitative estimate of drug-likeness (QED) is 0.712. The van der Waals surface area contributed by atoms with Gasteiger partial charge < -0.3 is 0 Å². The summed E-state index contributed by atoms with van der Waals surface area (Å²) in [4.78, 5) is 0. The molecule has 5 heteroatoms. The summed E-state index contributed by atoms with van der Waals surface area (Å²) >= 11 is 0. The van der Waals surface area contributed by atoms with Crippen molar-refractivity contribution in [3.8, 4) is 6.07 Å². The maximum Gasteiger partial charge on any atom is 0.235 e. The Morgan fingerprint density at radius 1 is 1.22 bits per heavy atom. The van der Waals surface area contributed by atoms with Crippen LogP contribution in [0.1, 0.15) is 26.2 Å². The van der Waals surface area contributed by atoms with Gasteiger partial charge in [-0.1, -0.05) is 18.2 Å². The summed E-state index contributed by atoms with van der Waals surface area (Å²) in [5, 5.41) is 8.42. The predicted molar refractivity (Wildman–Crippen MR) is 72.7 cm³/mol. The van der Waals surface area contributed by atoms with Crippen molar-refractivity contribution in [3.63, 3.8) is 0 Å². The zero-order valence-corrected chi connectivity index (χ0v) is 11.4. The molecule has 0 atom stereocenters. The van der Waals surface area contributed by atoms with Crippen LogP contribution in [0.15, 0.2) is 30.3 Å². The van der Waals surface area contributed by atoms with Crippen LogP contribution >= 0.6 is 0 Å². The fourth-order valence-corrected chi connectivity index (χ4v) is 3.36. The number of para-hydroxylation sites is 1. The van der Waals surface area contributed by atoms with Crippen LogP contribution in [0, 0.1) is 11.3 Å². The summed E-state index contributed by atoms with van der Waals surface area (Å²) < 4.78 is 25.8. The first-order chi connectivity index (χ1) is 8.61. The summed E-state index contributed by atoms with van der Waals surface area (Å²) in [5.74, 6) is 0.0947. The van der Waals surface area contributed by atoms with E-state index in [-0.39, 0.29) is 5.75 Å². The Kier molecular flexibility index (Phi) is 5.66. The molecule has 0 heterocycles. The second-order valence-electron chi connectivity index (χ2n) is 3.93. The van der Waals surface area contributed by atoms with Gasteiger partial charge in [-0.2, -0.15) is 5.26 Å². The van der Waals surface area contributed by atoms with E-state index in [0.717, 1.165) is 0 Å². The number of rotatable bonds is 7. The first-order valence-corrected chi connectivity index (χ1v) is 7.65. The number of benzene rings is 1. The fraction of sp³-hybridized carbons (Fsp3) is 0.462. The first kappa shape index (κ1) is 14.5. The standard InChI is InChI=1S/C13H18N2O2S/c1-2-15(13-9-5-3-6-10-13)18(16,17)12-8-4-7-11-14/h3,5-6,9-10H,2,4,7-8,12H2,1H3. The Balaban J connectivity index is 2.73. The number of sulfonamides is 1. The molecule has 0 unspecified atom stereocenters. The lowest BCUT2D eigenvalue weighted by molar-refractivity contribution is 0.587. The van der Waals surface area contributed by atoms with Gasteiger partial charge in [-0.05, 0) is 31.9 Å². The van der Waals surface area contributed by atoms with Crippen LogP contribution in [0.2, 0.25) is 0 Å². The second-order valence-corrected chi connectivity index (χ2v) is 5.94. The number of anilines is 1. The van der Waals surface area contributed by atoms with E-state index in [4.69, 9.17) is 5.26 Å². The molecule has 0 aliphatic heterocycles. The van der Waals surface area contributed by atoms with Crippen molar-refractivity contribution < 1.29 is 8.42 Å². The molecule has 0 bridgehead atoms. The Bertz CT molecular complexity index is 491. The van der Waals surface area contributed by atoms with Crippen molar-refractivity contribution in [2.75, 3.05) is 16.6 Å². The lowest BCUT2D eigenvalue weighted by Crippen LogP contribution is -2.32. The minimum atomic E-state index is -3.28. The predicted octanol–water partition coefficient (Wildman–Crippen LogP) is 2.54. The molecule has 1 aromatic rings. The summed E-state index contributed by atoms with van der Waals surface area (Å²) in [6.45, 7) is 2.24. The minimum Gasteiger partial charge on any atom is -0.271 e. The smallest absolute Gasteiger partial charge is 0.235 e. The van der Waals surface area contributed by atoms with Gasteiger partial charge in [-0.15, -0.1) is 0 Å². The number of hydrogen-bond acceptors (Lipinski definition) is 3. The van der Waals surface area contributed by atoms with Gasteiger partial charge in [0.2, 0.25) is 10.0 Å². The van der Waals surface area contributed by atoms with E-state index >= 15 is 0 Å². The van der Waals surface area contributed by atoms with Crippen molar-refractivity contribution in [3.05, 3.63) is 30.3 Å². The lowest BCUT2D eigenvalue weighted by Gasteiger charge is -2.22. The third-order valence-corrected chi connectivity index (χ3v) is 4.55. The molecule has 4 nitrogen and oxygen atoms in total. The van der Waals surface area contributed by atoms with Crippen LogP contribution in [-0.4, -0.2) is 20.7 Å². The zero-order chi connectivity index (χ0) is 13.4. The molecule has 0 amide bonds. The molecular formula is C13H18N2O2S. The molecule has 1 rings (SSSR count). The fourth-order valence-electron chi connectivity index (χ4n) is 1.73. The van der Waals surface area contributed by atoms with Crippen LogP contribution in [0.3, 0.4) is 0 Å². The number of nitriles is 1. The maximum atomic E-state index is 12.2. The van der Waals surface area contributed by atoms with Gasteiger partial charge in [0, 0.05) is 13.0 Å². The largest absolute Gasteiger partial charge is 0.271 e. The van der Waals surface area contributed by atoms with Crippen molar-refractivity contribution in [2.45, 2.75) is 26.2 Å². The summed E-state index contributed by atoms with van der Waals surface area (Å²) in [7, 11) is -3.28. The van der Waals surface area contributed by atoms with E-state index < -0.39 is 10.0 Å². The van der Waals surface area contributed by atoms with Crippen LogP contribution in [0.25, 0.3) is 0 Å². The molecule has 0 fully saturated rings. The highest BCUT2D eigenvalue weighted by atomic mass is 32.2. The van der Waals surface area contributed by atoms with Crippen molar-refractivity contribution in [1.29, 1.82) is 5.26 Å². The van der Waals surface area contributed by atoms with Gasteiger partial charge >= 0.3 is 0 Å². The van der Waals surface area contributed by atoms with E-state index in [0.29, 0.717) is 31.5 Å². The lowest BCUT2D eigenvalue weighted by atomic mass is 10.3. The first-order valence-electron chi connectivity index (χ1n) is 6.04. The van der Waals surface area contributed by atoms with Crippen molar-refractivity contribution in [1.82, 2.24) is 0 Å². The van der Waals surface area contributed by atoms with Crippen LogP contribution in [0.4, 0.5) is 5.69 Å². The van der Waals surface area contributed by atoms with Crippen molar-refractivity contribution in [2.24, 2.45) is 0 Å². The minimum absolute atomic E-state index is 0.0947. The molecule has 0 aliphatic rings. The Morgan fingerprint density at radius 3 is 2.44 bits per heavy atom. The molecule has 0 N–H and O–H groups in total. The molecule has 0 radical (unpaired) electrons. The normalized spacial score (nSPS) is 10.9. The SMILES string of the molecule is CCN(c1ccccc1)S(=O)(=O)CCCCC#N. The van der Waals surface area contributed by atoms with Gasteiger partial charge in [0.1, 0.15) is 0 Å². The molecule has 0 saturated heterocycles. The highest BCUT2D eigenvalue weighted by Gasteiger charge is 2.19. The van der Waals surface area contributed by atoms with Crippen LogP contribution in [0.5, 0.6) is 0 Å². The van der Waals surface area contributed by atoms with E-state index in [2.05, 4.69) is 0 Å². The monoisotopic (exact) mass is 266 g/mol. The van der Waals surface area contributed by atoms with Crippen molar-refractivity contribution >= 4 is 15.7 Å².